The summed E-state index contributed by atoms with van der Waals surface area (Å²) in [6.45, 7) is 4.70. The maximum absolute atomic E-state index is 11.4. The molecule has 5 nitrogen and oxygen atoms in total. The summed E-state index contributed by atoms with van der Waals surface area (Å²) in [6.07, 6.45) is 3.23. The fourth-order valence-corrected chi connectivity index (χ4v) is 1.65. The normalized spacial score (nSPS) is 12.2. The number of carbonyl (C=O) groups is 2. The predicted octanol–water partition coefficient (Wildman–Crippen LogP) is 1.54. The van der Waals surface area contributed by atoms with Crippen molar-refractivity contribution in [3.63, 3.8) is 0 Å². The van der Waals surface area contributed by atoms with Gasteiger partial charge in [-0.15, -0.1) is 0 Å². The van der Waals surface area contributed by atoms with E-state index < -0.39 is 18.0 Å². The van der Waals surface area contributed by atoms with E-state index in [0.29, 0.717) is 24.6 Å². The van der Waals surface area contributed by atoms with Crippen LogP contribution in [0.1, 0.15) is 26.7 Å². The highest BCUT2D eigenvalue weighted by molar-refractivity contribution is 7.98. The largest absolute Gasteiger partial charge is 0.480 e. The molecule has 0 heterocycles. The van der Waals surface area contributed by atoms with Crippen LogP contribution < -0.4 is 10.6 Å². The van der Waals surface area contributed by atoms with Gasteiger partial charge in [0.1, 0.15) is 6.04 Å². The number of aliphatic carboxylic acids is 1. The van der Waals surface area contributed by atoms with Crippen LogP contribution in [0.5, 0.6) is 0 Å². The van der Waals surface area contributed by atoms with Gasteiger partial charge >= 0.3 is 12.0 Å². The molecule has 0 saturated heterocycles. The fourth-order valence-electron chi connectivity index (χ4n) is 1.18. The summed E-state index contributed by atoms with van der Waals surface area (Å²) in [5, 5.41) is 14.0. The van der Waals surface area contributed by atoms with Gasteiger partial charge in [-0.2, -0.15) is 11.8 Å². The molecule has 0 aliphatic rings. The van der Waals surface area contributed by atoms with Gasteiger partial charge in [0.2, 0.25) is 0 Å². The molecular formula is C11H22N2O3S. The number of amides is 2. The number of hydrogen-bond acceptors (Lipinski definition) is 3. The highest BCUT2D eigenvalue weighted by Gasteiger charge is 2.18. The van der Waals surface area contributed by atoms with Crippen molar-refractivity contribution in [3.8, 4) is 0 Å². The van der Waals surface area contributed by atoms with Gasteiger partial charge in [-0.25, -0.2) is 9.59 Å². The van der Waals surface area contributed by atoms with E-state index in [2.05, 4.69) is 24.5 Å². The minimum Gasteiger partial charge on any atom is -0.480 e. The standard InChI is InChI=1S/C11H22N2O3S/c1-8(2)4-6-12-11(16)13-9(10(14)15)5-7-17-3/h8-9H,4-7H2,1-3H3,(H,14,15)(H2,12,13,16). The number of urea groups is 1. The first-order valence-corrected chi connectivity index (χ1v) is 7.12. The molecule has 0 aromatic rings. The smallest absolute Gasteiger partial charge is 0.326 e. The zero-order valence-electron chi connectivity index (χ0n) is 10.7. The molecule has 0 aromatic carbocycles. The second-order valence-electron chi connectivity index (χ2n) is 4.26. The summed E-state index contributed by atoms with van der Waals surface area (Å²) in [6, 6.07) is -1.21. The van der Waals surface area contributed by atoms with Gasteiger partial charge in [0.15, 0.2) is 0 Å². The maximum atomic E-state index is 11.4. The monoisotopic (exact) mass is 262 g/mol. The molecule has 0 rings (SSSR count). The van der Waals surface area contributed by atoms with Crippen molar-refractivity contribution in [2.75, 3.05) is 18.6 Å². The molecule has 0 aromatic heterocycles. The first kappa shape index (κ1) is 16.1. The minimum atomic E-state index is -0.988. The third-order valence-corrected chi connectivity index (χ3v) is 2.87. The topological polar surface area (TPSA) is 78.4 Å². The van der Waals surface area contributed by atoms with Gasteiger partial charge in [0.05, 0.1) is 0 Å². The summed E-state index contributed by atoms with van der Waals surface area (Å²) < 4.78 is 0. The highest BCUT2D eigenvalue weighted by atomic mass is 32.2. The first-order valence-electron chi connectivity index (χ1n) is 5.73. The Bertz CT molecular complexity index is 247. The number of rotatable bonds is 8. The lowest BCUT2D eigenvalue weighted by atomic mass is 10.1. The minimum absolute atomic E-state index is 0.404. The SMILES string of the molecule is CSCCC(NC(=O)NCCC(C)C)C(=O)O. The molecular weight excluding hydrogens is 240 g/mol. The number of nitrogens with one attached hydrogen (secondary N) is 2. The Balaban J connectivity index is 3.91. The number of thioether (sulfide) groups is 1. The molecule has 0 aliphatic heterocycles. The summed E-state index contributed by atoms with van der Waals surface area (Å²) >= 11 is 1.56. The summed E-state index contributed by atoms with van der Waals surface area (Å²) in [5.74, 6) is 0.239. The zero-order chi connectivity index (χ0) is 13.3. The van der Waals surface area contributed by atoms with Crippen LogP contribution in [0, 0.1) is 5.92 Å². The molecule has 17 heavy (non-hydrogen) atoms. The number of carbonyl (C=O) groups excluding carboxylic acids is 1. The van der Waals surface area contributed by atoms with E-state index in [0.717, 1.165) is 6.42 Å². The number of hydrogen-bond donors (Lipinski definition) is 3. The third kappa shape index (κ3) is 8.85. The summed E-state index contributed by atoms with van der Waals surface area (Å²) in [4.78, 5) is 22.3. The van der Waals surface area contributed by atoms with Gasteiger partial charge in [0, 0.05) is 6.54 Å². The molecule has 6 heteroatoms. The van der Waals surface area contributed by atoms with Crippen molar-refractivity contribution in [1.29, 1.82) is 0 Å². The van der Waals surface area contributed by atoms with Crippen molar-refractivity contribution < 1.29 is 14.7 Å². The molecule has 0 saturated carbocycles. The lowest BCUT2D eigenvalue weighted by molar-refractivity contribution is -0.139. The predicted molar refractivity (Wildman–Crippen MR) is 70.4 cm³/mol. The van der Waals surface area contributed by atoms with Gasteiger partial charge in [-0.05, 0) is 30.8 Å². The van der Waals surface area contributed by atoms with Crippen molar-refractivity contribution in [1.82, 2.24) is 10.6 Å². The van der Waals surface area contributed by atoms with Crippen LogP contribution in [-0.4, -0.2) is 41.7 Å². The van der Waals surface area contributed by atoms with Gasteiger partial charge in [-0.3, -0.25) is 0 Å². The molecule has 2 amide bonds. The van der Waals surface area contributed by atoms with E-state index in [1.54, 1.807) is 11.8 Å². The molecule has 100 valence electrons. The number of carboxylic acids is 1. The van der Waals surface area contributed by atoms with E-state index in [9.17, 15) is 9.59 Å². The zero-order valence-corrected chi connectivity index (χ0v) is 11.5. The van der Waals surface area contributed by atoms with E-state index in [4.69, 9.17) is 5.11 Å². The Morgan fingerprint density at radius 2 is 1.94 bits per heavy atom. The molecule has 0 radical (unpaired) electrons. The highest BCUT2D eigenvalue weighted by Crippen LogP contribution is 2.01. The van der Waals surface area contributed by atoms with Crippen molar-refractivity contribution >= 4 is 23.8 Å². The van der Waals surface area contributed by atoms with Crippen molar-refractivity contribution in [2.24, 2.45) is 5.92 Å². The van der Waals surface area contributed by atoms with Crippen LogP contribution in [0.15, 0.2) is 0 Å². The van der Waals surface area contributed by atoms with Crippen LogP contribution in [0.4, 0.5) is 4.79 Å². The van der Waals surface area contributed by atoms with Crippen LogP contribution >= 0.6 is 11.8 Å². The summed E-state index contributed by atoms with van der Waals surface area (Å²) in [5.41, 5.74) is 0. The summed E-state index contributed by atoms with van der Waals surface area (Å²) in [7, 11) is 0. The Hall–Kier alpha value is -0.910. The number of carboxylic acid groups (broad SMARTS) is 1. The van der Waals surface area contributed by atoms with E-state index in [1.165, 1.54) is 0 Å². The van der Waals surface area contributed by atoms with Gasteiger partial charge < -0.3 is 15.7 Å². The fraction of sp³-hybridized carbons (Fsp3) is 0.818. The van der Waals surface area contributed by atoms with E-state index in [-0.39, 0.29) is 0 Å². The van der Waals surface area contributed by atoms with E-state index >= 15 is 0 Å². The van der Waals surface area contributed by atoms with Crippen LogP contribution in [0.3, 0.4) is 0 Å². The molecule has 0 fully saturated rings. The van der Waals surface area contributed by atoms with Crippen LogP contribution in [-0.2, 0) is 4.79 Å². The van der Waals surface area contributed by atoms with E-state index in [1.807, 2.05) is 6.26 Å². The Labute approximate surface area is 107 Å². The first-order chi connectivity index (χ1) is 7.97. The van der Waals surface area contributed by atoms with Crippen molar-refractivity contribution in [3.05, 3.63) is 0 Å². The molecule has 0 spiro atoms. The van der Waals surface area contributed by atoms with Gasteiger partial charge in [0.25, 0.3) is 0 Å². The second-order valence-corrected chi connectivity index (χ2v) is 5.24. The lowest BCUT2D eigenvalue weighted by Gasteiger charge is -2.15. The van der Waals surface area contributed by atoms with Gasteiger partial charge in [-0.1, -0.05) is 13.8 Å². The molecule has 1 atom stereocenters. The van der Waals surface area contributed by atoms with Crippen molar-refractivity contribution in [2.45, 2.75) is 32.7 Å². The maximum Gasteiger partial charge on any atom is 0.326 e. The Morgan fingerprint density at radius 3 is 2.41 bits per heavy atom. The lowest BCUT2D eigenvalue weighted by Crippen LogP contribution is -2.46. The Morgan fingerprint density at radius 1 is 1.29 bits per heavy atom. The third-order valence-electron chi connectivity index (χ3n) is 2.22. The molecule has 0 aliphatic carbocycles. The average Bonchev–Trinajstić information content (AvgIpc) is 2.23. The molecule has 0 bridgehead atoms. The Kier molecular flexibility index (Phi) is 8.66. The average molecular weight is 262 g/mol. The van der Waals surface area contributed by atoms with Crippen LogP contribution in [0.2, 0.25) is 0 Å². The molecule has 3 N–H and O–H groups in total. The van der Waals surface area contributed by atoms with Crippen LogP contribution in [0.25, 0.3) is 0 Å². The quantitative estimate of drug-likeness (QED) is 0.620. The second kappa shape index (κ2) is 9.15. The molecule has 1 unspecified atom stereocenters.